The fourth-order valence-corrected chi connectivity index (χ4v) is 3.29. The van der Waals surface area contributed by atoms with Gasteiger partial charge in [0.25, 0.3) is 0 Å². The molecule has 32 heavy (non-hydrogen) atoms. The highest BCUT2D eigenvalue weighted by Gasteiger charge is 2.16. The van der Waals surface area contributed by atoms with Gasteiger partial charge in [-0.2, -0.15) is 0 Å². The summed E-state index contributed by atoms with van der Waals surface area (Å²) in [6.45, 7) is 3.58. The maximum atomic E-state index is 13.2. The van der Waals surface area contributed by atoms with Crippen LogP contribution in [0, 0.1) is 0 Å². The number of nitrogens with one attached hydrogen (secondary N) is 1. The summed E-state index contributed by atoms with van der Waals surface area (Å²) in [6.07, 6.45) is 5.66. The van der Waals surface area contributed by atoms with Crippen molar-refractivity contribution in [2.45, 2.75) is 45.6 Å². The number of hydrogen-bond donors (Lipinski definition) is 1. The Hall–Kier alpha value is -2.93. The van der Waals surface area contributed by atoms with E-state index >= 15 is 0 Å². The molecule has 2 aromatic rings. The molecule has 0 spiro atoms. The van der Waals surface area contributed by atoms with Gasteiger partial charge in [0.2, 0.25) is 0 Å². The van der Waals surface area contributed by atoms with Crippen LogP contribution in [0.2, 0.25) is 0 Å². The van der Waals surface area contributed by atoms with E-state index in [0.717, 1.165) is 24.2 Å². The highest BCUT2D eigenvalue weighted by molar-refractivity contribution is 5.91. The molecule has 0 saturated carbocycles. The smallest absolute Gasteiger partial charge is 0.322 e. The van der Waals surface area contributed by atoms with Gasteiger partial charge in [-0.1, -0.05) is 44.7 Å². The summed E-state index contributed by atoms with van der Waals surface area (Å²) < 4.78 is 21.0. The zero-order valence-corrected chi connectivity index (χ0v) is 19.7. The summed E-state index contributed by atoms with van der Waals surface area (Å²) in [5.41, 5.74) is 1.64. The van der Waals surface area contributed by atoms with E-state index in [1.165, 1.54) is 19.3 Å². The number of anilines is 1. The molecular weight excluding hydrogens is 408 g/mol. The van der Waals surface area contributed by atoms with Crippen LogP contribution in [-0.2, 0) is 11.3 Å². The summed E-state index contributed by atoms with van der Waals surface area (Å²) in [5, 5.41) is 2.99. The van der Waals surface area contributed by atoms with E-state index in [-0.39, 0.29) is 12.8 Å². The monoisotopic (exact) mass is 444 g/mol. The molecule has 0 unspecified atom stereocenters. The Morgan fingerprint density at radius 1 is 0.906 bits per heavy atom. The van der Waals surface area contributed by atoms with Gasteiger partial charge < -0.3 is 29.2 Å². The lowest BCUT2D eigenvalue weighted by Gasteiger charge is -2.24. The quantitative estimate of drug-likeness (QED) is 0.299. The first-order chi connectivity index (χ1) is 15.6. The summed E-state index contributed by atoms with van der Waals surface area (Å²) in [6, 6.07) is 12.9. The van der Waals surface area contributed by atoms with Gasteiger partial charge in [0.1, 0.15) is 17.2 Å². The van der Waals surface area contributed by atoms with Crippen LogP contribution in [0.5, 0.6) is 17.2 Å². The molecule has 2 aromatic carbocycles. The Morgan fingerprint density at radius 3 is 2.28 bits per heavy atom. The number of carbonyl (C=O) groups excluding carboxylic acids is 1. The molecule has 0 bridgehead atoms. The highest BCUT2D eigenvalue weighted by Crippen LogP contribution is 2.29. The fraction of sp³-hybridized carbons (Fsp3) is 0.480. The lowest BCUT2D eigenvalue weighted by atomic mass is 10.1. The predicted octanol–water partition coefficient (Wildman–Crippen LogP) is 5.69. The molecule has 0 aliphatic heterocycles. The minimum atomic E-state index is -0.163. The number of benzene rings is 2. The predicted molar refractivity (Wildman–Crippen MR) is 127 cm³/mol. The average Bonchev–Trinajstić information content (AvgIpc) is 2.82. The standard InChI is InChI=1S/C25H36N2O5/c1-5-6-7-8-9-16-27(18-20-10-12-21(13-11-20)32-19-29-2)25(28)26-23-15-14-22(30-3)17-24(23)31-4/h10-15,17H,5-9,16,18-19H2,1-4H3,(H,26,28). The van der Waals surface area contributed by atoms with Crippen molar-refractivity contribution in [3.05, 3.63) is 48.0 Å². The zero-order chi connectivity index (χ0) is 23.2. The second-order valence-electron chi connectivity index (χ2n) is 7.53. The largest absolute Gasteiger partial charge is 0.497 e. The van der Waals surface area contributed by atoms with Crippen molar-refractivity contribution < 1.29 is 23.7 Å². The molecule has 2 rings (SSSR count). The van der Waals surface area contributed by atoms with Crippen molar-refractivity contribution in [3.63, 3.8) is 0 Å². The first-order valence-corrected chi connectivity index (χ1v) is 11.1. The van der Waals surface area contributed by atoms with Crippen LogP contribution in [-0.4, -0.2) is 45.6 Å². The van der Waals surface area contributed by atoms with Crippen molar-refractivity contribution in [1.29, 1.82) is 0 Å². The molecule has 1 N–H and O–H groups in total. The van der Waals surface area contributed by atoms with Crippen LogP contribution >= 0.6 is 0 Å². The number of urea groups is 1. The molecule has 0 aromatic heterocycles. The second-order valence-corrected chi connectivity index (χ2v) is 7.53. The van der Waals surface area contributed by atoms with Gasteiger partial charge in [-0.25, -0.2) is 4.79 Å². The number of methoxy groups -OCH3 is 3. The zero-order valence-electron chi connectivity index (χ0n) is 19.7. The summed E-state index contributed by atoms with van der Waals surface area (Å²) in [5.74, 6) is 1.96. The number of carbonyl (C=O) groups is 1. The molecule has 0 aliphatic carbocycles. The van der Waals surface area contributed by atoms with Crippen LogP contribution in [0.1, 0.15) is 44.6 Å². The molecule has 0 heterocycles. The molecular formula is C25H36N2O5. The van der Waals surface area contributed by atoms with Crippen LogP contribution in [0.4, 0.5) is 10.5 Å². The Kier molecular flexibility index (Phi) is 11.2. The molecule has 0 atom stereocenters. The van der Waals surface area contributed by atoms with Crippen molar-refractivity contribution in [2.24, 2.45) is 0 Å². The van der Waals surface area contributed by atoms with E-state index in [0.29, 0.717) is 30.3 Å². The highest BCUT2D eigenvalue weighted by atomic mass is 16.7. The summed E-state index contributed by atoms with van der Waals surface area (Å²) >= 11 is 0. The molecule has 0 saturated heterocycles. The lowest BCUT2D eigenvalue weighted by molar-refractivity contribution is 0.0511. The third kappa shape index (κ3) is 8.30. The number of unbranched alkanes of at least 4 members (excludes halogenated alkanes) is 4. The van der Waals surface area contributed by atoms with Crippen LogP contribution in [0.15, 0.2) is 42.5 Å². The SMILES string of the molecule is CCCCCCCN(Cc1ccc(OCOC)cc1)C(=O)Nc1ccc(OC)cc1OC. The van der Waals surface area contributed by atoms with Crippen LogP contribution in [0.3, 0.4) is 0 Å². The van der Waals surface area contributed by atoms with Crippen LogP contribution < -0.4 is 19.5 Å². The van der Waals surface area contributed by atoms with Gasteiger partial charge in [-0.3, -0.25) is 0 Å². The van der Waals surface area contributed by atoms with Crippen molar-refractivity contribution >= 4 is 11.7 Å². The number of rotatable bonds is 14. The molecule has 0 radical (unpaired) electrons. The number of ether oxygens (including phenoxy) is 4. The van der Waals surface area contributed by atoms with Crippen molar-refractivity contribution in [3.8, 4) is 17.2 Å². The minimum Gasteiger partial charge on any atom is -0.497 e. The molecule has 176 valence electrons. The number of nitrogens with zero attached hydrogens (tertiary/aromatic N) is 1. The van der Waals surface area contributed by atoms with Crippen LogP contribution in [0.25, 0.3) is 0 Å². The Morgan fingerprint density at radius 2 is 1.62 bits per heavy atom. The van der Waals surface area contributed by atoms with Gasteiger partial charge in [-0.15, -0.1) is 0 Å². The third-order valence-corrected chi connectivity index (χ3v) is 5.11. The molecule has 7 heteroatoms. The third-order valence-electron chi connectivity index (χ3n) is 5.11. The fourth-order valence-electron chi connectivity index (χ4n) is 3.29. The Balaban J connectivity index is 2.08. The first-order valence-electron chi connectivity index (χ1n) is 11.1. The minimum absolute atomic E-state index is 0.163. The van der Waals surface area contributed by atoms with Gasteiger partial charge >= 0.3 is 6.03 Å². The second kappa shape index (κ2) is 14.2. The lowest BCUT2D eigenvalue weighted by Crippen LogP contribution is -2.35. The van der Waals surface area contributed by atoms with E-state index in [9.17, 15) is 4.79 Å². The van der Waals surface area contributed by atoms with Gasteiger partial charge in [0, 0.05) is 26.3 Å². The Labute approximate surface area is 191 Å². The van der Waals surface area contributed by atoms with E-state index in [1.807, 2.05) is 29.2 Å². The maximum absolute atomic E-state index is 13.2. The molecule has 0 fully saturated rings. The first kappa shape index (κ1) is 25.3. The molecule has 7 nitrogen and oxygen atoms in total. The number of amides is 2. The Bertz CT molecular complexity index is 810. The van der Waals surface area contributed by atoms with E-state index in [1.54, 1.807) is 39.5 Å². The van der Waals surface area contributed by atoms with Gasteiger partial charge in [0.15, 0.2) is 6.79 Å². The van der Waals surface area contributed by atoms with E-state index < -0.39 is 0 Å². The van der Waals surface area contributed by atoms with Crippen molar-refractivity contribution in [1.82, 2.24) is 4.90 Å². The normalized spacial score (nSPS) is 10.5. The van der Waals surface area contributed by atoms with Gasteiger partial charge in [-0.05, 0) is 36.2 Å². The van der Waals surface area contributed by atoms with E-state index in [4.69, 9.17) is 18.9 Å². The van der Waals surface area contributed by atoms with E-state index in [2.05, 4.69) is 12.2 Å². The average molecular weight is 445 g/mol. The van der Waals surface area contributed by atoms with Gasteiger partial charge in [0.05, 0.1) is 19.9 Å². The maximum Gasteiger partial charge on any atom is 0.322 e. The molecule has 0 aliphatic rings. The summed E-state index contributed by atoms with van der Waals surface area (Å²) in [7, 11) is 4.76. The number of hydrogen-bond acceptors (Lipinski definition) is 5. The summed E-state index contributed by atoms with van der Waals surface area (Å²) in [4.78, 5) is 15.0. The topological polar surface area (TPSA) is 69.3 Å². The van der Waals surface area contributed by atoms with Crippen molar-refractivity contribution in [2.75, 3.05) is 40.0 Å². The molecule has 2 amide bonds.